The zero-order valence-electron chi connectivity index (χ0n) is 14.3. The van der Waals surface area contributed by atoms with Gasteiger partial charge in [-0.05, 0) is 55.7 Å². The van der Waals surface area contributed by atoms with Crippen LogP contribution in [0.2, 0.25) is 0 Å². The van der Waals surface area contributed by atoms with Gasteiger partial charge in [-0.25, -0.2) is 4.39 Å². The molecule has 26 heavy (non-hydrogen) atoms. The summed E-state index contributed by atoms with van der Waals surface area (Å²) in [7, 11) is 0. The van der Waals surface area contributed by atoms with Crippen molar-refractivity contribution < 1.29 is 18.8 Å². The highest BCUT2D eigenvalue weighted by Crippen LogP contribution is 2.25. The fraction of sp³-hybridized carbons (Fsp3) is 0.250. The number of rotatable bonds is 4. The second-order valence-corrected chi connectivity index (χ2v) is 6.29. The molecular formula is C20H19FN2O3. The van der Waals surface area contributed by atoms with E-state index in [9.17, 15) is 18.8 Å². The van der Waals surface area contributed by atoms with Gasteiger partial charge in [0.05, 0.1) is 0 Å². The maximum atomic E-state index is 14.1. The normalized spacial score (nSPS) is 16.7. The van der Waals surface area contributed by atoms with Crippen LogP contribution >= 0.6 is 0 Å². The van der Waals surface area contributed by atoms with Crippen molar-refractivity contribution in [3.05, 3.63) is 59.4 Å². The molecule has 0 spiro atoms. The Kier molecular flexibility index (Phi) is 5.11. The lowest BCUT2D eigenvalue weighted by atomic mass is 9.99. The maximum absolute atomic E-state index is 14.1. The average Bonchev–Trinajstić information content (AvgIpc) is 2.64. The Morgan fingerprint density at radius 1 is 1.12 bits per heavy atom. The lowest BCUT2D eigenvalue weighted by Crippen LogP contribution is -2.50. The predicted octanol–water partition coefficient (Wildman–Crippen LogP) is 2.70. The molecule has 3 rings (SSSR count). The lowest BCUT2D eigenvalue weighted by molar-refractivity contribution is -0.124. The number of carbonyl (C=O) groups excluding carboxylic acids is 3. The molecule has 2 amide bonds. The first-order valence-electron chi connectivity index (χ1n) is 8.45. The summed E-state index contributed by atoms with van der Waals surface area (Å²) in [6, 6.07) is 10.1. The highest BCUT2D eigenvalue weighted by molar-refractivity contribution is 5.98. The quantitative estimate of drug-likeness (QED) is 0.829. The molecule has 6 heteroatoms. The van der Waals surface area contributed by atoms with Gasteiger partial charge in [0.2, 0.25) is 5.91 Å². The summed E-state index contributed by atoms with van der Waals surface area (Å²) in [5, 5.41) is 5.43. The lowest BCUT2D eigenvalue weighted by Gasteiger charge is -2.22. The number of Topliss-reactive ketones (excluding diaryl/α,β-unsaturated/α-hetero) is 1. The van der Waals surface area contributed by atoms with E-state index in [2.05, 4.69) is 10.6 Å². The topological polar surface area (TPSA) is 75.3 Å². The van der Waals surface area contributed by atoms with Crippen molar-refractivity contribution in [1.82, 2.24) is 10.6 Å². The number of piperidine rings is 1. The molecule has 1 aliphatic rings. The fourth-order valence-corrected chi connectivity index (χ4v) is 2.92. The second kappa shape index (κ2) is 7.47. The minimum Gasteiger partial charge on any atom is -0.354 e. The molecule has 0 radical (unpaired) electrons. The van der Waals surface area contributed by atoms with Crippen LogP contribution < -0.4 is 10.6 Å². The minimum absolute atomic E-state index is 0.145. The summed E-state index contributed by atoms with van der Waals surface area (Å²) >= 11 is 0. The van der Waals surface area contributed by atoms with E-state index in [1.165, 1.54) is 25.1 Å². The third kappa shape index (κ3) is 3.79. The van der Waals surface area contributed by atoms with E-state index in [4.69, 9.17) is 0 Å². The number of carbonyl (C=O) groups is 3. The van der Waals surface area contributed by atoms with Crippen molar-refractivity contribution in [3.8, 4) is 11.1 Å². The molecule has 0 saturated carbocycles. The van der Waals surface area contributed by atoms with Crippen LogP contribution in [-0.2, 0) is 4.79 Å². The molecule has 0 aliphatic carbocycles. The van der Waals surface area contributed by atoms with Crippen LogP contribution in [0.15, 0.2) is 42.5 Å². The molecule has 1 fully saturated rings. The van der Waals surface area contributed by atoms with Gasteiger partial charge in [0.1, 0.15) is 11.9 Å². The highest BCUT2D eigenvalue weighted by Gasteiger charge is 2.24. The smallest absolute Gasteiger partial charge is 0.251 e. The van der Waals surface area contributed by atoms with Crippen LogP contribution in [-0.4, -0.2) is 30.2 Å². The molecule has 2 aromatic rings. The number of halogens is 1. The van der Waals surface area contributed by atoms with E-state index in [1.807, 2.05) is 0 Å². The Morgan fingerprint density at radius 2 is 1.81 bits per heavy atom. The van der Waals surface area contributed by atoms with Gasteiger partial charge in [0.15, 0.2) is 5.78 Å². The maximum Gasteiger partial charge on any atom is 0.251 e. The van der Waals surface area contributed by atoms with Gasteiger partial charge < -0.3 is 10.6 Å². The van der Waals surface area contributed by atoms with Crippen molar-refractivity contribution in [2.75, 3.05) is 6.54 Å². The molecule has 1 aliphatic heterocycles. The molecule has 134 valence electrons. The number of hydrogen-bond acceptors (Lipinski definition) is 3. The second-order valence-electron chi connectivity index (χ2n) is 6.29. The Hall–Kier alpha value is -3.02. The van der Waals surface area contributed by atoms with E-state index in [0.29, 0.717) is 35.2 Å². The summed E-state index contributed by atoms with van der Waals surface area (Å²) in [6.45, 7) is 2.05. The molecule has 0 bridgehead atoms. The number of nitrogens with one attached hydrogen (secondary N) is 2. The van der Waals surface area contributed by atoms with Crippen molar-refractivity contribution in [2.45, 2.75) is 25.8 Å². The Bertz CT molecular complexity index is 862. The summed E-state index contributed by atoms with van der Waals surface area (Å²) in [5.41, 5.74) is 1.68. The zero-order chi connectivity index (χ0) is 18.7. The molecule has 1 atom stereocenters. The van der Waals surface area contributed by atoms with Crippen LogP contribution in [0.4, 0.5) is 4.39 Å². The SMILES string of the molecule is CC(=O)c1ccc(F)c(-c2ccc(C(=O)NC3CCCNC3=O)cc2)c1. The molecule has 1 heterocycles. The van der Waals surface area contributed by atoms with Crippen LogP contribution in [0.3, 0.4) is 0 Å². The first-order chi connectivity index (χ1) is 12.5. The molecular weight excluding hydrogens is 335 g/mol. The molecule has 1 saturated heterocycles. The minimum atomic E-state index is -0.527. The van der Waals surface area contributed by atoms with Crippen LogP contribution in [0, 0.1) is 5.82 Å². The van der Waals surface area contributed by atoms with Crippen LogP contribution in [0.25, 0.3) is 11.1 Å². The van der Waals surface area contributed by atoms with Gasteiger partial charge in [-0.1, -0.05) is 12.1 Å². The summed E-state index contributed by atoms with van der Waals surface area (Å²) in [6.07, 6.45) is 1.43. The van der Waals surface area contributed by atoms with Crippen molar-refractivity contribution in [1.29, 1.82) is 0 Å². The van der Waals surface area contributed by atoms with E-state index in [-0.39, 0.29) is 17.6 Å². The van der Waals surface area contributed by atoms with Crippen LogP contribution in [0.5, 0.6) is 0 Å². The summed E-state index contributed by atoms with van der Waals surface area (Å²) in [4.78, 5) is 35.5. The number of benzene rings is 2. The number of amides is 2. The van der Waals surface area contributed by atoms with Crippen molar-refractivity contribution in [3.63, 3.8) is 0 Å². The monoisotopic (exact) mass is 354 g/mol. The van der Waals surface area contributed by atoms with Gasteiger partial charge in [0.25, 0.3) is 5.91 Å². The van der Waals surface area contributed by atoms with Crippen molar-refractivity contribution >= 4 is 17.6 Å². The molecule has 5 nitrogen and oxygen atoms in total. The summed E-state index contributed by atoms with van der Waals surface area (Å²) < 4.78 is 14.1. The standard InChI is InChI=1S/C20H19FN2O3/c1-12(24)15-8-9-17(21)16(11-15)13-4-6-14(7-5-13)19(25)23-18-3-2-10-22-20(18)26/h4-9,11,18H,2-3,10H2,1H3,(H,22,26)(H,23,25). The van der Waals surface area contributed by atoms with Gasteiger partial charge in [-0.2, -0.15) is 0 Å². The van der Waals surface area contributed by atoms with Gasteiger partial charge in [-0.3, -0.25) is 14.4 Å². The predicted molar refractivity (Wildman–Crippen MR) is 95.3 cm³/mol. The van der Waals surface area contributed by atoms with Gasteiger partial charge in [0, 0.05) is 23.2 Å². The Labute approximate surface area is 150 Å². The van der Waals surface area contributed by atoms with Crippen LogP contribution in [0.1, 0.15) is 40.5 Å². The molecule has 2 aromatic carbocycles. The van der Waals surface area contributed by atoms with E-state index in [0.717, 1.165) is 6.42 Å². The summed E-state index contributed by atoms with van der Waals surface area (Å²) in [5.74, 6) is -1.11. The number of ketones is 1. The van der Waals surface area contributed by atoms with E-state index < -0.39 is 11.9 Å². The number of hydrogen-bond donors (Lipinski definition) is 2. The van der Waals surface area contributed by atoms with Gasteiger partial charge in [-0.15, -0.1) is 0 Å². The average molecular weight is 354 g/mol. The fourth-order valence-electron chi connectivity index (χ4n) is 2.92. The highest BCUT2D eigenvalue weighted by atomic mass is 19.1. The molecule has 1 unspecified atom stereocenters. The third-order valence-electron chi connectivity index (χ3n) is 4.42. The first kappa shape index (κ1) is 17.8. The zero-order valence-corrected chi connectivity index (χ0v) is 14.3. The Morgan fingerprint density at radius 3 is 2.46 bits per heavy atom. The van der Waals surface area contributed by atoms with E-state index in [1.54, 1.807) is 24.3 Å². The Balaban J connectivity index is 1.78. The molecule has 2 N–H and O–H groups in total. The van der Waals surface area contributed by atoms with Crippen molar-refractivity contribution in [2.24, 2.45) is 0 Å². The largest absolute Gasteiger partial charge is 0.354 e. The van der Waals surface area contributed by atoms with E-state index >= 15 is 0 Å². The third-order valence-corrected chi connectivity index (χ3v) is 4.42. The molecule has 0 aromatic heterocycles. The van der Waals surface area contributed by atoms with Gasteiger partial charge >= 0.3 is 0 Å². The first-order valence-corrected chi connectivity index (χ1v) is 8.45.